The molecule has 0 radical (unpaired) electrons. The Hall–Kier alpha value is -2.19. The van der Waals surface area contributed by atoms with Gasteiger partial charge in [-0.05, 0) is 19.1 Å². The highest BCUT2D eigenvalue weighted by Gasteiger charge is 2.21. The second kappa shape index (κ2) is 8.07. The van der Waals surface area contributed by atoms with Gasteiger partial charge in [-0.1, -0.05) is 29.5 Å². The number of hydrogen-bond acceptors (Lipinski definition) is 6. The molecular formula is C16H22N6OS. The molecule has 24 heavy (non-hydrogen) atoms. The molecule has 2 heterocycles. The second-order valence-corrected chi connectivity index (χ2v) is 6.62. The smallest absolute Gasteiger partial charge is 0.321 e. The lowest BCUT2D eigenvalue weighted by Crippen LogP contribution is -2.52. The molecule has 2 aromatic rings. The maximum atomic E-state index is 11.8. The highest BCUT2D eigenvalue weighted by Crippen LogP contribution is 2.16. The number of anilines is 2. The van der Waals surface area contributed by atoms with Gasteiger partial charge in [-0.3, -0.25) is 10.2 Å². The topological polar surface area (TPSA) is 73.4 Å². The summed E-state index contributed by atoms with van der Waals surface area (Å²) in [4.78, 5) is 16.6. The molecule has 1 aliphatic rings. The number of benzene rings is 1. The summed E-state index contributed by atoms with van der Waals surface area (Å²) in [6.45, 7) is 6.75. The lowest BCUT2D eigenvalue weighted by atomic mass is 10.2. The predicted octanol–water partition coefficient (Wildman–Crippen LogP) is 1.87. The molecule has 2 amide bonds. The average Bonchev–Trinajstić information content (AvgIpc) is 3.13. The van der Waals surface area contributed by atoms with Gasteiger partial charge >= 0.3 is 6.03 Å². The molecule has 0 unspecified atom stereocenters. The number of urea groups is 1. The van der Waals surface area contributed by atoms with Crippen LogP contribution < -0.4 is 15.5 Å². The van der Waals surface area contributed by atoms with Crippen LogP contribution in [0.5, 0.6) is 0 Å². The molecule has 1 saturated heterocycles. The Kier molecular flexibility index (Phi) is 5.60. The molecule has 1 fully saturated rings. The third kappa shape index (κ3) is 4.42. The van der Waals surface area contributed by atoms with E-state index in [2.05, 4.69) is 61.8 Å². The Morgan fingerprint density at radius 1 is 1.25 bits per heavy atom. The molecule has 0 aliphatic carbocycles. The minimum Gasteiger partial charge on any atom is -0.369 e. The summed E-state index contributed by atoms with van der Waals surface area (Å²) in [6.07, 6.45) is 0. The number of para-hydroxylation sites is 1. The Morgan fingerprint density at radius 2 is 2.00 bits per heavy atom. The zero-order valence-electron chi connectivity index (χ0n) is 13.7. The molecule has 1 aromatic heterocycles. The van der Waals surface area contributed by atoms with Crippen molar-refractivity contribution in [3.05, 3.63) is 35.8 Å². The minimum atomic E-state index is -0.235. The second-order valence-electron chi connectivity index (χ2n) is 5.79. The van der Waals surface area contributed by atoms with Gasteiger partial charge in [0.1, 0.15) is 5.51 Å². The average molecular weight is 346 g/mol. The van der Waals surface area contributed by atoms with Gasteiger partial charge in [0.25, 0.3) is 0 Å². The molecule has 1 atom stereocenters. The van der Waals surface area contributed by atoms with Gasteiger partial charge in [-0.25, -0.2) is 4.79 Å². The maximum absolute atomic E-state index is 11.8. The van der Waals surface area contributed by atoms with Crippen molar-refractivity contribution in [1.82, 2.24) is 20.4 Å². The maximum Gasteiger partial charge on any atom is 0.321 e. The standard InChI is InChI=1S/C16H22N6OS/c1-13(11-17-15(23)19-16-20-18-12-24-16)21-7-9-22(10-8-21)14-5-3-2-4-6-14/h2-6,12-13H,7-11H2,1H3,(H2,17,19,20,23)/t13-/m1/s1. The number of nitrogens with one attached hydrogen (secondary N) is 2. The summed E-state index contributed by atoms with van der Waals surface area (Å²) in [7, 11) is 0. The molecular weight excluding hydrogens is 324 g/mol. The minimum absolute atomic E-state index is 0.235. The van der Waals surface area contributed by atoms with Gasteiger partial charge < -0.3 is 10.2 Å². The van der Waals surface area contributed by atoms with Crippen molar-refractivity contribution in [2.24, 2.45) is 0 Å². The summed E-state index contributed by atoms with van der Waals surface area (Å²) in [5, 5.41) is 13.6. The highest BCUT2D eigenvalue weighted by atomic mass is 32.1. The van der Waals surface area contributed by atoms with Crippen LogP contribution in [-0.4, -0.2) is 59.9 Å². The largest absolute Gasteiger partial charge is 0.369 e. The molecule has 7 nitrogen and oxygen atoms in total. The first kappa shape index (κ1) is 16.7. The number of piperazine rings is 1. The first-order valence-corrected chi connectivity index (χ1v) is 8.95. The zero-order chi connectivity index (χ0) is 16.8. The van der Waals surface area contributed by atoms with E-state index in [9.17, 15) is 4.79 Å². The van der Waals surface area contributed by atoms with Crippen molar-refractivity contribution >= 4 is 28.2 Å². The van der Waals surface area contributed by atoms with Crippen LogP contribution in [0, 0.1) is 0 Å². The molecule has 1 aliphatic heterocycles. The third-order valence-corrected chi connectivity index (χ3v) is 4.80. The Labute approximate surface area is 145 Å². The SMILES string of the molecule is C[C@H](CNC(=O)Nc1nncs1)N1CCN(c2ccccc2)CC1. The van der Waals surface area contributed by atoms with Crippen LogP contribution in [0.3, 0.4) is 0 Å². The van der Waals surface area contributed by atoms with Gasteiger partial charge in [0.15, 0.2) is 0 Å². The number of carbonyl (C=O) groups excluding carboxylic acids is 1. The summed E-state index contributed by atoms with van der Waals surface area (Å²) in [5.74, 6) is 0. The first-order valence-electron chi connectivity index (χ1n) is 8.07. The highest BCUT2D eigenvalue weighted by molar-refractivity contribution is 7.13. The molecule has 0 spiro atoms. The summed E-state index contributed by atoms with van der Waals surface area (Å²) >= 11 is 1.30. The Morgan fingerprint density at radius 3 is 2.67 bits per heavy atom. The van der Waals surface area contributed by atoms with E-state index in [1.807, 2.05) is 6.07 Å². The molecule has 1 aromatic carbocycles. The normalized spacial score (nSPS) is 16.6. The van der Waals surface area contributed by atoms with E-state index in [0.717, 1.165) is 26.2 Å². The fourth-order valence-corrected chi connectivity index (χ4v) is 3.24. The monoisotopic (exact) mass is 346 g/mol. The van der Waals surface area contributed by atoms with Crippen molar-refractivity contribution in [3.63, 3.8) is 0 Å². The van der Waals surface area contributed by atoms with E-state index >= 15 is 0 Å². The van der Waals surface area contributed by atoms with E-state index in [1.165, 1.54) is 17.0 Å². The van der Waals surface area contributed by atoms with E-state index in [-0.39, 0.29) is 6.03 Å². The lowest BCUT2D eigenvalue weighted by Gasteiger charge is -2.39. The van der Waals surface area contributed by atoms with Crippen molar-refractivity contribution in [2.45, 2.75) is 13.0 Å². The van der Waals surface area contributed by atoms with Crippen LogP contribution in [-0.2, 0) is 0 Å². The fourth-order valence-electron chi connectivity index (χ4n) is 2.80. The summed E-state index contributed by atoms with van der Waals surface area (Å²) in [6, 6.07) is 10.6. The molecule has 8 heteroatoms. The van der Waals surface area contributed by atoms with Gasteiger partial charge in [0, 0.05) is 44.5 Å². The van der Waals surface area contributed by atoms with Gasteiger partial charge in [-0.2, -0.15) is 0 Å². The molecule has 0 saturated carbocycles. The van der Waals surface area contributed by atoms with Crippen molar-refractivity contribution < 1.29 is 4.79 Å². The van der Waals surface area contributed by atoms with Gasteiger partial charge in [-0.15, -0.1) is 10.2 Å². The van der Waals surface area contributed by atoms with E-state index in [4.69, 9.17) is 0 Å². The third-order valence-electron chi connectivity index (χ3n) is 4.20. The van der Waals surface area contributed by atoms with Crippen LogP contribution in [0.15, 0.2) is 35.8 Å². The van der Waals surface area contributed by atoms with Crippen molar-refractivity contribution in [1.29, 1.82) is 0 Å². The number of amides is 2. The predicted molar refractivity (Wildman–Crippen MR) is 96.6 cm³/mol. The summed E-state index contributed by atoms with van der Waals surface area (Å²) < 4.78 is 0. The molecule has 128 valence electrons. The number of hydrogen-bond donors (Lipinski definition) is 2. The summed E-state index contributed by atoms with van der Waals surface area (Å²) in [5.41, 5.74) is 2.86. The van der Waals surface area contributed by atoms with Crippen LogP contribution in [0.2, 0.25) is 0 Å². The van der Waals surface area contributed by atoms with Crippen molar-refractivity contribution in [2.75, 3.05) is 42.9 Å². The van der Waals surface area contributed by atoms with E-state index in [0.29, 0.717) is 17.7 Å². The fraction of sp³-hybridized carbons (Fsp3) is 0.438. The first-order chi connectivity index (χ1) is 11.7. The quantitative estimate of drug-likeness (QED) is 0.865. The molecule has 2 N–H and O–H groups in total. The number of aromatic nitrogens is 2. The number of carbonyl (C=O) groups is 1. The number of rotatable bonds is 5. The molecule has 0 bridgehead atoms. The van der Waals surface area contributed by atoms with Crippen LogP contribution in [0.1, 0.15) is 6.92 Å². The van der Waals surface area contributed by atoms with Crippen molar-refractivity contribution in [3.8, 4) is 0 Å². The van der Waals surface area contributed by atoms with Crippen LogP contribution in [0.4, 0.5) is 15.6 Å². The zero-order valence-corrected chi connectivity index (χ0v) is 14.5. The number of nitrogens with zero attached hydrogens (tertiary/aromatic N) is 4. The molecule has 3 rings (SSSR count). The lowest BCUT2D eigenvalue weighted by molar-refractivity contribution is 0.192. The Bertz CT molecular complexity index is 627. The van der Waals surface area contributed by atoms with E-state index in [1.54, 1.807) is 5.51 Å². The van der Waals surface area contributed by atoms with E-state index < -0.39 is 0 Å². The van der Waals surface area contributed by atoms with Gasteiger partial charge in [0.05, 0.1) is 0 Å². The van der Waals surface area contributed by atoms with Crippen LogP contribution >= 0.6 is 11.3 Å². The van der Waals surface area contributed by atoms with Crippen LogP contribution in [0.25, 0.3) is 0 Å². The Balaban J connectivity index is 1.40. The van der Waals surface area contributed by atoms with Gasteiger partial charge in [0.2, 0.25) is 5.13 Å².